The first-order valence-electron chi connectivity index (χ1n) is 3.98. The lowest BCUT2D eigenvalue weighted by Gasteiger charge is -2.03. The van der Waals surface area contributed by atoms with E-state index in [-0.39, 0.29) is 4.49 Å². The van der Waals surface area contributed by atoms with E-state index in [2.05, 4.69) is 0 Å². The zero-order valence-electron chi connectivity index (χ0n) is 7.71. The van der Waals surface area contributed by atoms with Crippen LogP contribution in [0.25, 0.3) is 0 Å². The number of rotatable bonds is 2. The third-order valence-corrected chi connectivity index (χ3v) is 3.24. The zero-order chi connectivity index (χ0) is 11.1. The zero-order valence-corrected chi connectivity index (χ0v) is 9.23. The molecule has 1 saturated carbocycles. The van der Waals surface area contributed by atoms with Gasteiger partial charge in [0.15, 0.2) is 5.41 Å². The summed E-state index contributed by atoms with van der Waals surface area (Å²) < 4.78 is 0.00134. The van der Waals surface area contributed by atoms with Gasteiger partial charge in [-0.15, -0.1) is 0 Å². The molecule has 14 heavy (non-hydrogen) atoms. The van der Waals surface area contributed by atoms with Gasteiger partial charge in [-0.25, -0.2) is 0 Å². The molecule has 0 aromatic carbocycles. The van der Waals surface area contributed by atoms with E-state index < -0.39 is 22.7 Å². The highest BCUT2D eigenvalue weighted by Gasteiger charge is 2.76. The highest BCUT2D eigenvalue weighted by molar-refractivity contribution is 6.55. The van der Waals surface area contributed by atoms with Crippen LogP contribution in [0, 0.1) is 28.1 Å². The first kappa shape index (κ1) is 11.4. The minimum absolute atomic E-state index is 0.00134. The Kier molecular flexibility index (Phi) is 2.55. The molecular formula is C9H9Cl2NO2. The molecule has 1 N–H and O–H groups in total. The Hall–Kier alpha value is -0.720. The number of hydrogen-bond donors (Lipinski definition) is 1. The van der Waals surface area contributed by atoms with Gasteiger partial charge in [0.05, 0.1) is 6.07 Å². The van der Waals surface area contributed by atoms with Crippen LogP contribution < -0.4 is 0 Å². The van der Waals surface area contributed by atoms with Crippen molar-refractivity contribution >= 4 is 29.2 Å². The maximum atomic E-state index is 11.0. The van der Waals surface area contributed by atoms with Gasteiger partial charge in [0, 0.05) is 11.3 Å². The van der Waals surface area contributed by atoms with E-state index in [0.29, 0.717) is 0 Å². The van der Waals surface area contributed by atoms with Gasteiger partial charge in [0.1, 0.15) is 4.49 Å². The Morgan fingerprint density at radius 2 is 2.07 bits per heavy atom. The minimum atomic E-state index is -1.39. The summed E-state index contributed by atoms with van der Waals surface area (Å²) in [4.78, 5) is 11.0. The number of carbonyl (C=O) groups is 1. The summed E-state index contributed by atoms with van der Waals surface area (Å²) in [6, 6.07) is 1.84. The van der Waals surface area contributed by atoms with Crippen molar-refractivity contribution in [3.8, 4) is 6.07 Å². The number of carboxylic acid groups (broad SMARTS) is 1. The Labute approximate surface area is 91.9 Å². The molecule has 0 aromatic rings. The highest BCUT2D eigenvalue weighted by Crippen LogP contribution is 2.69. The van der Waals surface area contributed by atoms with Crippen molar-refractivity contribution in [3.05, 3.63) is 10.6 Å². The predicted molar refractivity (Wildman–Crippen MR) is 52.7 cm³/mol. The van der Waals surface area contributed by atoms with Crippen LogP contribution in [0.15, 0.2) is 10.6 Å². The van der Waals surface area contributed by atoms with Crippen molar-refractivity contribution in [2.45, 2.75) is 13.8 Å². The molecule has 5 heteroatoms. The Morgan fingerprint density at radius 3 is 2.29 bits per heavy atom. The number of nitriles is 1. The topological polar surface area (TPSA) is 61.1 Å². The number of aliphatic carboxylic acids is 1. The van der Waals surface area contributed by atoms with Gasteiger partial charge in [-0.1, -0.05) is 37.0 Å². The number of halogens is 2. The standard InChI is InChI=1S/C9H9Cl2NO2/c1-8(2)5(3-6(10)11)9(8,4-12)7(13)14/h3,5H,1-2H3,(H,13,14)/t5-,9+/m1/s1. The molecule has 2 atom stereocenters. The lowest BCUT2D eigenvalue weighted by Crippen LogP contribution is -2.19. The largest absolute Gasteiger partial charge is 0.480 e. The minimum Gasteiger partial charge on any atom is -0.480 e. The maximum Gasteiger partial charge on any atom is 0.325 e. The summed E-state index contributed by atoms with van der Waals surface area (Å²) in [5, 5.41) is 17.9. The van der Waals surface area contributed by atoms with Gasteiger partial charge < -0.3 is 5.11 Å². The number of carboxylic acids is 1. The Bertz CT molecular complexity index is 352. The van der Waals surface area contributed by atoms with E-state index in [0.717, 1.165) is 0 Å². The van der Waals surface area contributed by atoms with Crippen LogP contribution in [-0.4, -0.2) is 11.1 Å². The van der Waals surface area contributed by atoms with Crippen LogP contribution in [0.1, 0.15) is 13.8 Å². The normalized spacial score (nSPS) is 32.9. The van der Waals surface area contributed by atoms with E-state index in [1.807, 2.05) is 6.07 Å². The molecule has 1 aliphatic carbocycles. The Morgan fingerprint density at radius 1 is 1.57 bits per heavy atom. The lowest BCUT2D eigenvalue weighted by atomic mass is 9.98. The second-order valence-corrected chi connectivity index (χ2v) is 4.89. The first-order chi connectivity index (χ1) is 6.30. The maximum absolute atomic E-state index is 11.0. The average molecular weight is 234 g/mol. The van der Waals surface area contributed by atoms with Gasteiger partial charge in [-0.05, 0) is 6.08 Å². The van der Waals surface area contributed by atoms with Crippen molar-refractivity contribution in [1.29, 1.82) is 5.26 Å². The van der Waals surface area contributed by atoms with Crippen LogP contribution in [0.4, 0.5) is 0 Å². The highest BCUT2D eigenvalue weighted by atomic mass is 35.5. The quantitative estimate of drug-likeness (QED) is 0.798. The predicted octanol–water partition coefficient (Wildman–Crippen LogP) is 2.56. The summed E-state index contributed by atoms with van der Waals surface area (Å²) in [6.45, 7) is 3.42. The van der Waals surface area contributed by atoms with Crippen molar-refractivity contribution in [2.24, 2.45) is 16.7 Å². The molecule has 0 radical (unpaired) electrons. The first-order valence-corrected chi connectivity index (χ1v) is 4.73. The SMILES string of the molecule is CC1(C)[C@@H](C=C(Cl)Cl)[C@@]1(C#N)C(=O)O. The molecule has 0 aromatic heterocycles. The fourth-order valence-corrected chi connectivity index (χ4v) is 2.18. The third-order valence-electron chi connectivity index (χ3n) is 2.98. The molecule has 0 bridgehead atoms. The van der Waals surface area contributed by atoms with E-state index >= 15 is 0 Å². The Balaban J connectivity index is 3.12. The van der Waals surface area contributed by atoms with Crippen LogP contribution in [0.2, 0.25) is 0 Å². The summed E-state index contributed by atoms with van der Waals surface area (Å²) >= 11 is 10.9. The molecule has 0 amide bonds. The molecule has 0 unspecified atom stereocenters. The monoisotopic (exact) mass is 233 g/mol. The molecule has 1 rings (SSSR count). The van der Waals surface area contributed by atoms with Gasteiger partial charge in [0.25, 0.3) is 0 Å². The van der Waals surface area contributed by atoms with Crippen molar-refractivity contribution in [1.82, 2.24) is 0 Å². The lowest BCUT2D eigenvalue weighted by molar-refractivity contribution is -0.142. The molecule has 1 aliphatic rings. The number of hydrogen-bond acceptors (Lipinski definition) is 2. The van der Waals surface area contributed by atoms with Gasteiger partial charge >= 0.3 is 5.97 Å². The van der Waals surface area contributed by atoms with Crippen LogP contribution in [0.3, 0.4) is 0 Å². The third kappa shape index (κ3) is 1.22. The second kappa shape index (κ2) is 3.15. The average Bonchev–Trinajstić information content (AvgIpc) is 2.48. The van der Waals surface area contributed by atoms with E-state index in [9.17, 15) is 4.79 Å². The summed E-state index contributed by atoms with van der Waals surface area (Å²) in [5.74, 6) is -1.55. The second-order valence-electron chi connectivity index (χ2n) is 3.88. The number of nitrogens with zero attached hydrogens (tertiary/aromatic N) is 1. The van der Waals surface area contributed by atoms with Crippen LogP contribution in [0.5, 0.6) is 0 Å². The van der Waals surface area contributed by atoms with Gasteiger partial charge in [-0.3, -0.25) is 4.79 Å². The van der Waals surface area contributed by atoms with Crippen molar-refractivity contribution in [2.75, 3.05) is 0 Å². The van der Waals surface area contributed by atoms with E-state index in [1.54, 1.807) is 13.8 Å². The summed E-state index contributed by atoms with van der Waals surface area (Å²) in [7, 11) is 0. The summed E-state index contributed by atoms with van der Waals surface area (Å²) in [5.41, 5.74) is -2.01. The van der Waals surface area contributed by atoms with Gasteiger partial charge in [-0.2, -0.15) is 5.26 Å². The van der Waals surface area contributed by atoms with Crippen molar-refractivity contribution < 1.29 is 9.90 Å². The van der Waals surface area contributed by atoms with E-state index in [1.165, 1.54) is 6.08 Å². The van der Waals surface area contributed by atoms with Crippen LogP contribution >= 0.6 is 23.2 Å². The molecule has 1 fully saturated rings. The fourth-order valence-electron chi connectivity index (χ4n) is 1.93. The number of allylic oxidation sites excluding steroid dienone is 1. The van der Waals surface area contributed by atoms with Gasteiger partial charge in [0.2, 0.25) is 0 Å². The molecule has 0 aliphatic heterocycles. The van der Waals surface area contributed by atoms with Crippen LogP contribution in [-0.2, 0) is 4.79 Å². The molecule has 0 saturated heterocycles. The smallest absolute Gasteiger partial charge is 0.325 e. The molecule has 0 heterocycles. The molecule has 76 valence electrons. The fraction of sp³-hybridized carbons (Fsp3) is 0.556. The molecule has 3 nitrogen and oxygen atoms in total. The van der Waals surface area contributed by atoms with Crippen molar-refractivity contribution in [3.63, 3.8) is 0 Å². The molecule has 0 spiro atoms. The molecular weight excluding hydrogens is 225 g/mol. The summed E-state index contributed by atoms with van der Waals surface area (Å²) in [6.07, 6.45) is 1.42. The van der Waals surface area contributed by atoms with E-state index in [4.69, 9.17) is 33.6 Å².